The Morgan fingerprint density at radius 1 is 1.21 bits per heavy atom. The SMILES string of the molecule is CN(C)S(=O)(=O)c1ccc(Cl)c(C(=O)NCC[C@@H]2C(=O)Nc3ccccc32)c1. The lowest BCUT2D eigenvalue weighted by atomic mass is 9.97. The number of para-hydroxylation sites is 1. The molecule has 1 atom stereocenters. The Kier molecular flexibility index (Phi) is 5.74. The summed E-state index contributed by atoms with van der Waals surface area (Å²) in [6.45, 7) is 0.242. The third-order valence-corrected chi connectivity index (χ3v) is 6.73. The lowest BCUT2D eigenvalue weighted by molar-refractivity contribution is -0.117. The molecule has 0 saturated carbocycles. The first-order valence-electron chi connectivity index (χ1n) is 8.62. The average Bonchev–Trinajstić information content (AvgIpc) is 2.97. The quantitative estimate of drug-likeness (QED) is 0.748. The number of nitrogens with zero attached hydrogens (tertiary/aromatic N) is 1. The fourth-order valence-electron chi connectivity index (χ4n) is 3.04. The molecule has 7 nitrogen and oxygen atoms in total. The van der Waals surface area contributed by atoms with Gasteiger partial charge in [0.25, 0.3) is 5.91 Å². The topological polar surface area (TPSA) is 95.6 Å². The van der Waals surface area contributed by atoms with Crippen molar-refractivity contribution in [3.8, 4) is 0 Å². The van der Waals surface area contributed by atoms with E-state index in [2.05, 4.69) is 10.6 Å². The van der Waals surface area contributed by atoms with Crippen molar-refractivity contribution in [2.75, 3.05) is 26.0 Å². The molecule has 2 aromatic rings. The molecular formula is C19H20ClN3O4S. The number of hydrogen-bond donors (Lipinski definition) is 2. The molecule has 1 aliphatic rings. The van der Waals surface area contributed by atoms with E-state index in [1.807, 2.05) is 24.3 Å². The Morgan fingerprint density at radius 3 is 2.64 bits per heavy atom. The Morgan fingerprint density at radius 2 is 1.93 bits per heavy atom. The van der Waals surface area contributed by atoms with Gasteiger partial charge >= 0.3 is 0 Å². The molecule has 2 N–H and O–H groups in total. The number of rotatable bonds is 6. The van der Waals surface area contributed by atoms with Gasteiger partial charge in [-0.15, -0.1) is 0 Å². The van der Waals surface area contributed by atoms with E-state index in [1.165, 1.54) is 32.3 Å². The molecule has 0 radical (unpaired) electrons. The standard InChI is InChI=1S/C19H20ClN3O4S/c1-23(2)28(26,27)12-7-8-16(20)15(11-12)18(24)21-10-9-14-13-5-3-4-6-17(13)22-19(14)25/h3-8,11,14H,9-10H2,1-2H3,(H,21,24)(H,22,25)/t14-/m0/s1. The highest BCUT2D eigenvalue weighted by atomic mass is 35.5. The van der Waals surface area contributed by atoms with E-state index in [-0.39, 0.29) is 33.9 Å². The Bertz CT molecular complexity index is 1040. The van der Waals surface area contributed by atoms with Crippen molar-refractivity contribution in [1.29, 1.82) is 0 Å². The number of hydrogen-bond acceptors (Lipinski definition) is 4. The van der Waals surface area contributed by atoms with Crippen molar-refractivity contribution in [2.45, 2.75) is 17.2 Å². The van der Waals surface area contributed by atoms with E-state index in [9.17, 15) is 18.0 Å². The van der Waals surface area contributed by atoms with Crippen LogP contribution in [0.25, 0.3) is 0 Å². The zero-order valence-electron chi connectivity index (χ0n) is 15.4. The lowest BCUT2D eigenvalue weighted by Gasteiger charge is -2.14. The van der Waals surface area contributed by atoms with E-state index in [0.29, 0.717) is 6.42 Å². The van der Waals surface area contributed by atoms with Crippen LogP contribution in [0.1, 0.15) is 28.3 Å². The number of fused-ring (bicyclic) bond motifs is 1. The van der Waals surface area contributed by atoms with Crippen LogP contribution in [0.2, 0.25) is 5.02 Å². The van der Waals surface area contributed by atoms with Crippen molar-refractivity contribution in [3.05, 3.63) is 58.6 Å². The summed E-state index contributed by atoms with van der Waals surface area (Å²) >= 11 is 6.08. The van der Waals surface area contributed by atoms with Crippen LogP contribution in [-0.4, -0.2) is 45.2 Å². The molecule has 0 saturated heterocycles. The molecule has 1 heterocycles. The van der Waals surface area contributed by atoms with E-state index >= 15 is 0 Å². The van der Waals surface area contributed by atoms with Gasteiger partial charge in [0.1, 0.15) is 0 Å². The number of carbonyl (C=O) groups is 2. The van der Waals surface area contributed by atoms with Crippen LogP contribution in [0.3, 0.4) is 0 Å². The van der Waals surface area contributed by atoms with Gasteiger partial charge in [0, 0.05) is 26.3 Å². The number of halogens is 1. The van der Waals surface area contributed by atoms with E-state index in [1.54, 1.807) is 0 Å². The molecule has 0 spiro atoms. The smallest absolute Gasteiger partial charge is 0.252 e. The molecule has 3 rings (SSSR count). The van der Waals surface area contributed by atoms with Crippen LogP contribution in [-0.2, 0) is 14.8 Å². The van der Waals surface area contributed by atoms with Gasteiger partial charge < -0.3 is 10.6 Å². The van der Waals surface area contributed by atoms with Crippen molar-refractivity contribution < 1.29 is 18.0 Å². The van der Waals surface area contributed by atoms with Crippen molar-refractivity contribution in [3.63, 3.8) is 0 Å². The van der Waals surface area contributed by atoms with Gasteiger partial charge in [0.05, 0.1) is 21.4 Å². The lowest BCUT2D eigenvalue weighted by Crippen LogP contribution is -2.28. The molecule has 0 aromatic heterocycles. The molecule has 1 aliphatic heterocycles. The molecular weight excluding hydrogens is 402 g/mol. The highest BCUT2D eigenvalue weighted by Crippen LogP contribution is 2.34. The first-order chi connectivity index (χ1) is 13.2. The summed E-state index contributed by atoms with van der Waals surface area (Å²) in [6, 6.07) is 11.4. The number of carbonyl (C=O) groups excluding carboxylic acids is 2. The monoisotopic (exact) mass is 421 g/mol. The fourth-order valence-corrected chi connectivity index (χ4v) is 4.17. The van der Waals surface area contributed by atoms with E-state index in [4.69, 9.17) is 11.6 Å². The molecule has 9 heteroatoms. The molecule has 0 unspecified atom stereocenters. The van der Waals surface area contributed by atoms with Gasteiger partial charge in [-0.25, -0.2) is 12.7 Å². The summed E-state index contributed by atoms with van der Waals surface area (Å²) in [7, 11) is -0.860. The van der Waals surface area contributed by atoms with Gasteiger partial charge in [-0.2, -0.15) is 0 Å². The van der Waals surface area contributed by atoms with Crippen LogP contribution in [0, 0.1) is 0 Å². The third kappa shape index (κ3) is 3.89. The van der Waals surface area contributed by atoms with E-state index in [0.717, 1.165) is 15.6 Å². The second-order valence-electron chi connectivity index (χ2n) is 6.60. The van der Waals surface area contributed by atoms with Crippen LogP contribution >= 0.6 is 11.6 Å². The predicted octanol–water partition coefficient (Wildman–Crippen LogP) is 2.45. The normalized spacial score (nSPS) is 16.0. The Hall–Kier alpha value is -2.42. The number of sulfonamides is 1. The van der Waals surface area contributed by atoms with Crippen LogP contribution in [0.15, 0.2) is 47.4 Å². The number of nitrogens with one attached hydrogen (secondary N) is 2. The molecule has 0 aliphatic carbocycles. The second kappa shape index (κ2) is 7.90. The molecule has 2 amide bonds. The van der Waals surface area contributed by atoms with Crippen molar-refractivity contribution >= 4 is 39.1 Å². The minimum absolute atomic E-state index is 0.0175. The fraction of sp³-hybridized carbons (Fsp3) is 0.263. The maximum atomic E-state index is 12.5. The summed E-state index contributed by atoms with van der Waals surface area (Å²) in [5, 5.41) is 5.68. The summed E-state index contributed by atoms with van der Waals surface area (Å²) in [5.41, 5.74) is 1.76. The minimum atomic E-state index is -3.68. The second-order valence-corrected chi connectivity index (χ2v) is 9.16. The summed E-state index contributed by atoms with van der Waals surface area (Å²) in [6.07, 6.45) is 0.419. The maximum absolute atomic E-state index is 12.5. The summed E-state index contributed by atoms with van der Waals surface area (Å²) in [5.74, 6) is -0.938. The Balaban J connectivity index is 1.70. The first-order valence-corrected chi connectivity index (χ1v) is 10.4. The zero-order chi connectivity index (χ0) is 20.5. The third-order valence-electron chi connectivity index (χ3n) is 4.59. The predicted molar refractivity (Wildman–Crippen MR) is 107 cm³/mol. The van der Waals surface area contributed by atoms with Crippen LogP contribution in [0.5, 0.6) is 0 Å². The average molecular weight is 422 g/mol. The largest absolute Gasteiger partial charge is 0.352 e. The van der Waals surface area contributed by atoms with Crippen molar-refractivity contribution in [1.82, 2.24) is 9.62 Å². The van der Waals surface area contributed by atoms with Crippen molar-refractivity contribution in [2.24, 2.45) is 0 Å². The number of amides is 2. The Labute approximate surface area is 168 Å². The molecule has 0 bridgehead atoms. The van der Waals surface area contributed by atoms with Gasteiger partial charge in [-0.05, 0) is 36.2 Å². The zero-order valence-corrected chi connectivity index (χ0v) is 17.0. The minimum Gasteiger partial charge on any atom is -0.352 e. The van der Waals surface area contributed by atoms with Crippen LogP contribution < -0.4 is 10.6 Å². The molecule has 28 heavy (non-hydrogen) atoms. The summed E-state index contributed by atoms with van der Waals surface area (Å²) in [4.78, 5) is 24.6. The van der Waals surface area contributed by atoms with Crippen LogP contribution in [0.4, 0.5) is 5.69 Å². The summed E-state index contributed by atoms with van der Waals surface area (Å²) < 4.78 is 25.6. The first kappa shape index (κ1) is 20.3. The molecule has 2 aromatic carbocycles. The van der Waals surface area contributed by atoms with E-state index < -0.39 is 15.9 Å². The van der Waals surface area contributed by atoms with Gasteiger partial charge in [-0.1, -0.05) is 29.8 Å². The maximum Gasteiger partial charge on any atom is 0.252 e. The van der Waals surface area contributed by atoms with Gasteiger partial charge in [0.15, 0.2) is 0 Å². The highest BCUT2D eigenvalue weighted by Gasteiger charge is 2.29. The number of anilines is 1. The number of benzene rings is 2. The van der Waals surface area contributed by atoms with Gasteiger partial charge in [0.2, 0.25) is 15.9 Å². The molecule has 0 fully saturated rings. The highest BCUT2D eigenvalue weighted by molar-refractivity contribution is 7.89. The molecule has 148 valence electrons. The van der Waals surface area contributed by atoms with Gasteiger partial charge in [-0.3, -0.25) is 9.59 Å².